The topological polar surface area (TPSA) is 81.1 Å². The molecule has 1 amide bonds. The van der Waals surface area contributed by atoms with E-state index in [9.17, 15) is 9.18 Å². The molecule has 1 aliphatic heterocycles. The zero-order valence-electron chi connectivity index (χ0n) is 24.4. The molecule has 0 spiro atoms. The maximum Gasteiger partial charge on any atom is 0.255 e. The number of thioether (sulfide) groups is 1. The minimum Gasteiger partial charge on any atom is -0.489 e. The maximum atomic E-state index is 14.3. The van der Waals surface area contributed by atoms with Gasteiger partial charge in [-0.2, -0.15) is 4.98 Å². The fourth-order valence-electron chi connectivity index (χ4n) is 5.03. The third-order valence-electron chi connectivity index (χ3n) is 7.43. The summed E-state index contributed by atoms with van der Waals surface area (Å²) in [5.41, 5.74) is 4.85. The molecule has 0 fully saturated rings. The number of para-hydroxylation sites is 1. The minimum absolute atomic E-state index is 0.0272. The standard InChI is InChI=1S/C34H28Cl2FN5O2S/c1-20-8-3-6-13-29(20)39-32(43)30-21(2)38-33-40-34(45-19-23-9-4-5-10-26(23)35)41-42(33)31(30)22-14-16-24(17-15-22)44-18-25-27(36)11-7-12-28(25)37/h3-17,31H,18-19H2,1-2H3,(H,39,43)(H,38,40,41). The number of ether oxygens (including phenoxy) is 1. The number of nitrogens with one attached hydrogen (secondary N) is 2. The average Bonchev–Trinajstić information content (AvgIpc) is 3.43. The minimum atomic E-state index is -0.595. The monoisotopic (exact) mass is 659 g/mol. The fraction of sp³-hybridized carbons (Fsp3) is 0.147. The van der Waals surface area contributed by atoms with Crippen LogP contribution in [0.5, 0.6) is 5.75 Å². The number of anilines is 2. The summed E-state index contributed by atoms with van der Waals surface area (Å²) >= 11 is 14.0. The van der Waals surface area contributed by atoms with E-state index < -0.39 is 11.9 Å². The quantitative estimate of drug-likeness (QED) is 0.154. The zero-order chi connectivity index (χ0) is 31.5. The number of hydrogen-bond donors (Lipinski definition) is 2. The number of fused-ring (bicyclic) bond motifs is 1. The summed E-state index contributed by atoms with van der Waals surface area (Å²) in [6.45, 7) is 3.77. The third kappa shape index (κ3) is 6.71. The fourth-order valence-corrected chi connectivity index (χ4v) is 6.36. The largest absolute Gasteiger partial charge is 0.489 e. The number of halogens is 3. The van der Waals surface area contributed by atoms with Crippen LogP contribution in [0.15, 0.2) is 107 Å². The van der Waals surface area contributed by atoms with Crippen LogP contribution in [0.25, 0.3) is 0 Å². The first-order valence-electron chi connectivity index (χ1n) is 14.1. The van der Waals surface area contributed by atoms with Gasteiger partial charge in [0.05, 0.1) is 10.6 Å². The number of hydrogen-bond acceptors (Lipinski definition) is 6. The number of nitrogens with zero attached hydrogens (tertiary/aromatic N) is 3. The molecule has 2 heterocycles. The molecule has 7 nitrogen and oxygen atoms in total. The Bertz CT molecular complexity index is 1890. The molecule has 1 aromatic heterocycles. The van der Waals surface area contributed by atoms with Gasteiger partial charge in [-0.25, -0.2) is 9.07 Å². The Balaban J connectivity index is 1.31. The van der Waals surface area contributed by atoms with Crippen LogP contribution in [0, 0.1) is 12.7 Å². The second-order valence-corrected chi connectivity index (χ2v) is 12.2. The van der Waals surface area contributed by atoms with E-state index in [1.807, 2.05) is 74.5 Å². The predicted octanol–water partition coefficient (Wildman–Crippen LogP) is 8.83. The van der Waals surface area contributed by atoms with Crippen molar-refractivity contribution < 1.29 is 13.9 Å². The Morgan fingerprint density at radius 2 is 1.71 bits per heavy atom. The van der Waals surface area contributed by atoms with Crippen LogP contribution in [0.2, 0.25) is 10.0 Å². The summed E-state index contributed by atoms with van der Waals surface area (Å²) in [6.07, 6.45) is 0. The number of rotatable bonds is 9. The number of benzene rings is 4. The van der Waals surface area contributed by atoms with Crippen LogP contribution < -0.4 is 15.4 Å². The number of carbonyl (C=O) groups excluding carboxylic acids is 1. The highest BCUT2D eigenvalue weighted by molar-refractivity contribution is 7.98. The second kappa shape index (κ2) is 13.4. The molecular weight excluding hydrogens is 632 g/mol. The molecule has 1 unspecified atom stereocenters. The Morgan fingerprint density at radius 3 is 2.47 bits per heavy atom. The third-order valence-corrected chi connectivity index (χ3v) is 9.04. The Labute approximate surface area is 274 Å². The highest BCUT2D eigenvalue weighted by Gasteiger charge is 2.34. The normalized spacial score (nSPS) is 14.1. The van der Waals surface area contributed by atoms with E-state index in [0.717, 1.165) is 22.4 Å². The molecule has 1 atom stereocenters. The molecule has 6 rings (SSSR count). The van der Waals surface area contributed by atoms with E-state index in [1.54, 1.807) is 28.9 Å². The van der Waals surface area contributed by atoms with Crippen LogP contribution in [-0.4, -0.2) is 20.7 Å². The molecule has 0 radical (unpaired) electrons. The van der Waals surface area contributed by atoms with Gasteiger partial charge in [0.25, 0.3) is 5.91 Å². The summed E-state index contributed by atoms with van der Waals surface area (Å²) in [5, 5.41) is 12.7. The first-order chi connectivity index (χ1) is 21.8. The van der Waals surface area contributed by atoms with Crippen molar-refractivity contribution in [2.45, 2.75) is 37.4 Å². The van der Waals surface area contributed by atoms with Crippen molar-refractivity contribution in [1.82, 2.24) is 14.8 Å². The van der Waals surface area contributed by atoms with Gasteiger partial charge in [0, 0.05) is 27.7 Å². The zero-order valence-corrected chi connectivity index (χ0v) is 26.7. The maximum absolute atomic E-state index is 14.3. The number of carbonyl (C=O) groups is 1. The van der Waals surface area contributed by atoms with E-state index in [-0.39, 0.29) is 18.1 Å². The molecule has 0 bridgehead atoms. The van der Waals surface area contributed by atoms with Crippen molar-refractivity contribution in [3.05, 3.63) is 140 Å². The summed E-state index contributed by atoms with van der Waals surface area (Å²) in [7, 11) is 0. The molecule has 0 saturated carbocycles. The van der Waals surface area contributed by atoms with Gasteiger partial charge in [-0.05, 0) is 66.9 Å². The summed E-state index contributed by atoms with van der Waals surface area (Å²) < 4.78 is 21.9. The van der Waals surface area contributed by atoms with E-state index in [1.165, 1.54) is 17.8 Å². The van der Waals surface area contributed by atoms with Gasteiger partial charge in [0.1, 0.15) is 24.2 Å². The predicted molar refractivity (Wildman–Crippen MR) is 177 cm³/mol. The molecular formula is C34H28Cl2FN5O2S. The molecule has 0 saturated heterocycles. The van der Waals surface area contributed by atoms with Crippen LogP contribution in [0.1, 0.15) is 35.2 Å². The van der Waals surface area contributed by atoms with Crippen molar-refractivity contribution in [3.63, 3.8) is 0 Å². The van der Waals surface area contributed by atoms with Crippen molar-refractivity contribution in [1.29, 1.82) is 0 Å². The van der Waals surface area contributed by atoms with Crippen LogP contribution >= 0.6 is 35.0 Å². The second-order valence-electron chi connectivity index (χ2n) is 10.4. The summed E-state index contributed by atoms with van der Waals surface area (Å²) in [6, 6.07) is 26.5. The van der Waals surface area contributed by atoms with Crippen molar-refractivity contribution in [2.24, 2.45) is 0 Å². The van der Waals surface area contributed by atoms with Crippen LogP contribution in [0.3, 0.4) is 0 Å². The van der Waals surface area contributed by atoms with Gasteiger partial charge in [0.15, 0.2) is 0 Å². The van der Waals surface area contributed by atoms with E-state index >= 15 is 0 Å². The summed E-state index contributed by atoms with van der Waals surface area (Å²) in [5.74, 6) is 0.925. The lowest BCUT2D eigenvalue weighted by Crippen LogP contribution is -2.31. The molecule has 5 aromatic rings. The molecule has 2 N–H and O–H groups in total. The van der Waals surface area contributed by atoms with Crippen molar-refractivity contribution in [3.8, 4) is 5.75 Å². The molecule has 0 aliphatic carbocycles. The first kappa shape index (κ1) is 30.7. The van der Waals surface area contributed by atoms with Gasteiger partial charge in [0.2, 0.25) is 11.1 Å². The van der Waals surface area contributed by atoms with Crippen LogP contribution in [0.4, 0.5) is 16.0 Å². The smallest absolute Gasteiger partial charge is 0.255 e. The lowest BCUT2D eigenvalue weighted by molar-refractivity contribution is -0.113. The molecule has 228 valence electrons. The lowest BCUT2D eigenvalue weighted by Gasteiger charge is -2.29. The van der Waals surface area contributed by atoms with Crippen molar-refractivity contribution >= 4 is 52.5 Å². The van der Waals surface area contributed by atoms with Crippen molar-refractivity contribution in [2.75, 3.05) is 10.6 Å². The Morgan fingerprint density at radius 1 is 0.978 bits per heavy atom. The Kier molecular flexibility index (Phi) is 9.11. The first-order valence-corrected chi connectivity index (χ1v) is 15.9. The number of aryl methyl sites for hydroxylation is 1. The van der Waals surface area contributed by atoms with E-state index in [2.05, 4.69) is 10.6 Å². The lowest BCUT2D eigenvalue weighted by atomic mass is 9.95. The average molecular weight is 661 g/mol. The van der Waals surface area contributed by atoms with Gasteiger partial charge in [-0.3, -0.25) is 4.79 Å². The molecule has 45 heavy (non-hydrogen) atoms. The van der Waals surface area contributed by atoms with E-state index in [4.69, 9.17) is 38.0 Å². The van der Waals surface area contributed by atoms with Crippen LogP contribution in [-0.2, 0) is 17.2 Å². The Hall–Kier alpha value is -4.31. The SMILES string of the molecule is CC1=C(C(=O)Nc2ccccc2C)C(c2ccc(OCc3c(F)cccc3Cl)cc2)n2nc(SCc3ccccc3Cl)nc2N1. The molecule has 1 aliphatic rings. The highest BCUT2D eigenvalue weighted by Crippen LogP contribution is 2.38. The number of amides is 1. The highest BCUT2D eigenvalue weighted by atomic mass is 35.5. The van der Waals surface area contributed by atoms with E-state index in [0.29, 0.717) is 43.9 Å². The molecule has 11 heteroatoms. The molecule has 4 aromatic carbocycles. The van der Waals surface area contributed by atoms with Gasteiger partial charge < -0.3 is 15.4 Å². The van der Waals surface area contributed by atoms with Gasteiger partial charge in [-0.1, -0.05) is 89.6 Å². The van der Waals surface area contributed by atoms with Gasteiger partial charge in [-0.15, -0.1) is 5.10 Å². The number of allylic oxidation sites excluding steroid dienone is 1. The number of aromatic nitrogens is 3. The van der Waals surface area contributed by atoms with Gasteiger partial charge >= 0.3 is 0 Å². The summed E-state index contributed by atoms with van der Waals surface area (Å²) in [4.78, 5) is 18.6.